The Morgan fingerprint density at radius 1 is 1.00 bits per heavy atom. The molecule has 1 aliphatic rings. The van der Waals surface area contributed by atoms with Crippen molar-refractivity contribution >= 4 is 55.0 Å². The van der Waals surface area contributed by atoms with Crippen LogP contribution in [0.5, 0.6) is 0 Å². The van der Waals surface area contributed by atoms with E-state index in [1.165, 1.54) is 4.31 Å². The topological polar surface area (TPSA) is 66.5 Å². The van der Waals surface area contributed by atoms with Gasteiger partial charge in [-0.1, -0.05) is 30.3 Å². The molecule has 3 aromatic rings. The van der Waals surface area contributed by atoms with E-state index in [1.54, 1.807) is 12.1 Å². The van der Waals surface area contributed by atoms with E-state index in [2.05, 4.69) is 27.9 Å². The van der Waals surface area contributed by atoms with Gasteiger partial charge in [-0.3, -0.25) is 4.79 Å². The number of carbonyl (C=O) groups is 1. The number of piperidine rings is 1. The zero-order valence-corrected chi connectivity index (χ0v) is 18.7. The summed E-state index contributed by atoms with van der Waals surface area (Å²) >= 11 is 2.21. The van der Waals surface area contributed by atoms with Crippen molar-refractivity contribution in [3.05, 3.63) is 70.3 Å². The third-order valence-corrected chi connectivity index (χ3v) is 7.81. The summed E-state index contributed by atoms with van der Waals surface area (Å²) in [6.07, 6.45) is 1.34. The molecule has 0 spiro atoms. The molecule has 0 bridgehead atoms. The van der Waals surface area contributed by atoms with Crippen LogP contribution in [0.4, 0.5) is 5.69 Å². The molecule has 0 radical (unpaired) electrons. The molecule has 0 saturated carbocycles. The van der Waals surface area contributed by atoms with E-state index >= 15 is 0 Å². The second-order valence-corrected chi connectivity index (χ2v) is 10.4. The van der Waals surface area contributed by atoms with Gasteiger partial charge < -0.3 is 5.32 Å². The van der Waals surface area contributed by atoms with E-state index in [1.807, 2.05) is 54.6 Å². The number of benzene rings is 3. The average molecular weight is 520 g/mol. The fraction of sp³-hybridized carbons (Fsp3) is 0.227. The monoisotopic (exact) mass is 520 g/mol. The third-order valence-electron chi connectivity index (χ3n) is 5.23. The molecule has 1 fully saturated rings. The van der Waals surface area contributed by atoms with E-state index in [4.69, 9.17) is 0 Å². The second kappa shape index (κ2) is 8.41. The molecule has 4 rings (SSSR count). The molecule has 1 heterocycles. The maximum atomic E-state index is 13.2. The molecule has 1 atom stereocenters. The highest BCUT2D eigenvalue weighted by Gasteiger charge is 2.33. The molecule has 1 N–H and O–H groups in total. The van der Waals surface area contributed by atoms with E-state index in [9.17, 15) is 13.2 Å². The molecular formula is C22H21IN2O3S. The van der Waals surface area contributed by atoms with Crippen molar-refractivity contribution in [2.75, 3.05) is 18.4 Å². The Balaban J connectivity index is 1.51. The molecule has 3 aromatic carbocycles. The number of carbonyl (C=O) groups excluding carboxylic acids is 1. The normalized spacial score (nSPS) is 17.9. The van der Waals surface area contributed by atoms with Crippen LogP contribution in [-0.2, 0) is 14.8 Å². The zero-order chi connectivity index (χ0) is 20.4. The van der Waals surface area contributed by atoms with Crippen LogP contribution < -0.4 is 5.32 Å². The summed E-state index contributed by atoms with van der Waals surface area (Å²) in [6.45, 7) is 0.633. The Morgan fingerprint density at radius 3 is 2.48 bits per heavy atom. The molecule has 5 nitrogen and oxygen atoms in total. The van der Waals surface area contributed by atoms with Crippen LogP contribution in [0.1, 0.15) is 12.8 Å². The molecule has 29 heavy (non-hydrogen) atoms. The number of hydrogen-bond acceptors (Lipinski definition) is 3. The van der Waals surface area contributed by atoms with E-state index in [-0.39, 0.29) is 23.3 Å². The molecule has 150 valence electrons. The lowest BCUT2D eigenvalue weighted by Gasteiger charge is -2.31. The standard InChI is InChI=1S/C22H21IN2O3S/c23-19-8-10-20(11-9-19)24-22(26)18-6-3-13-25(15-18)29(27,28)21-12-7-16-4-1-2-5-17(16)14-21/h1-2,4-5,7-12,14,18H,3,6,13,15H2,(H,24,26)/t18-/m0/s1. The van der Waals surface area contributed by atoms with Gasteiger partial charge in [0, 0.05) is 22.3 Å². The molecule has 7 heteroatoms. The Hall–Kier alpha value is -1.97. The molecule has 1 amide bonds. The minimum Gasteiger partial charge on any atom is -0.326 e. The molecule has 1 aliphatic heterocycles. The summed E-state index contributed by atoms with van der Waals surface area (Å²) in [5.74, 6) is -0.497. The Bertz CT molecular complexity index is 1150. The van der Waals surface area contributed by atoms with E-state index in [0.717, 1.165) is 20.0 Å². The summed E-state index contributed by atoms with van der Waals surface area (Å²) in [4.78, 5) is 13.0. The van der Waals surface area contributed by atoms with Crippen LogP contribution in [0, 0.1) is 9.49 Å². The van der Waals surface area contributed by atoms with Gasteiger partial charge in [0.15, 0.2) is 0 Å². The number of nitrogens with zero attached hydrogens (tertiary/aromatic N) is 1. The SMILES string of the molecule is O=C(Nc1ccc(I)cc1)[C@H]1CCCN(S(=O)(=O)c2ccc3ccccc3c2)C1. The molecule has 0 aromatic heterocycles. The van der Waals surface area contributed by atoms with Crippen molar-refractivity contribution < 1.29 is 13.2 Å². The Labute approximate surface area is 184 Å². The first-order valence-corrected chi connectivity index (χ1v) is 12.0. The largest absolute Gasteiger partial charge is 0.326 e. The lowest BCUT2D eigenvalue weighted by Crippen LogP contribution is -2.43. The lowest BCUT2D eigenvalue weighted by atomic mass is 9.99. The van der Waals surface area contributed by atoms with Gasteiger partial charge in [-0.2, -0.15) is 4.31 Å². The first-order chi connectivity index (χ1) is 13.9. The summed E-state index contributed by atoms with van der Waals surface area (Å²) < 4.78 is 28.9. The zero-order valence-electron chi connectivity index (χ0n) is 15.7. The van der Waals surface area contributed by atoms with Gasteiger partial charge in [-0.15, -0.1) is 0 Å². The van der Waals surface area contributed by atoms with Crippen molar-refractivity contribution in [1.29, 1.82) is 0 Å². The molecular weight excluding hydrogens is 499 g/mol. The number of hydrogen-bond donors (Lipinski definition) is 1. The number of halogens is 1. The fourth-order valence-corrected chi connectivity index (χ4v) is 5.55. The number of nitrogens with one attached hydrogen (secondary N) is 1. The highest BCUT2D eigenvalue weighted by Crippen LogP contribution is 2.27. The third kappa shape index (κ3) is 4.46. The number of sulfonamides is 1. The number of anilines is 1. The summed E-state index contributed by atoms with van der Waals surface area (Å²) in [5.41, 5.74) is 0.727. The van der Waals surface area contributed by atoms with Crippen molar-refractivity contribution in [2.24, 2.45) is 5.92 Å². The van der Waals surface area contributed by atoms with Gasteiger partial charge in [-0.25, -0.2) is 8.42 Å². The molecule has 0 unspecified atom stereocenters. The highest BCUT2D eigenvalue weighted by atomic mass is 127. The van der Waals surface area contributed by atoms with E-state index < -0.39 is 10.0 Å². The van der Waals surface area contributed by atoms with Gasteiger partial charge in [-0.05, 0) is 82.6 Å². The van der Waals surface area contributed by atoms with Gasteiger partial charge in [0.1, 0.15) is 0 Å². The van der Waals surface area contributed by atoms with Crippen LogP contribution >= 0.6 is 22.6 Å². The quantitative estimate of drug-likeness (QED) is 0.516. The van der Waals surface area contributed by atoms with Crippen LogP contribution in [0.3, 0.4) is 0 Å². The van der Waals surface area contributed by atoms with Gasteiger partial charge in [0.2, 0.25) is 15.9 Å². The first kappa shape index (κ1) is 20.3. The Kier molecular flexibility index (Phi) is 5.89. The van der Waals surface area contributed by atoms with Crippen LogP contribution in [0.15, 0.2) is 71.6 Å². The minimum absolute atomic E-state index is 0.135. The van der Waals surface area contributed by atoms with Gasteiger partial charge in [0.05, 0.1) is 10.8 Å². The van der Waals surface area contributed by atoms with E-state index in [0.29, 0.717) is 19.4 Å². The van der Waals surface area contributed by atoms with Crippen molar-refractivity contribution in [3.8, 4) is 0 Å². The minimum atomic E-state index is -3.65. The average Bonchev–Trinajstić information content (AvgIpc) is 2.75. The molecule has 1 saturated heterocycles. The predicted molar refractivity (Wildman–Crippen MR) is 123 cm³/mol. The second-order valence-electron chi connectivity index (χ2n) is 7.21. The maximum absolute atomic E-state index is 13.2. The van der Waals surface area contributed by atoms with Crippen molar-refractivity contribution in [1.82, 2.24) is 4.31 Å². The summed E-state index contributed by atoms with van der Waals surface area (Å²) in [6, 6.07) is 20.4. The molecule has 0 aliphatic carbocycles. The number of amides is 1. The highest BCUT2D eigenvalue weighted by molar-refractivity contribution is 14.1. The van der Waals surface area contributed by atoms with Crippen LogP contribution in [0.25, 0.3) is 10.8 Å². The number of fused-ring (bicyclic) bond motifs is 1. The van der Waals surface area contributed by atoms with Gasteiger partial charge in [0.25, 0.3) is 0 Å². The first-order valence-electron chi connectivity index (χ1n) is 9.49. The predicted octanol–water partition coefficient (Wildman–Crippen LogP) is 4.48. The lowest BCUT2D eigenvalue weighted by molar-refractivity contribution is -0.120. The van der Waals surface area contributed by atoms with Gasteiger partial charge >= 0.3 is 0 Å². The summed E-state index contributed by atoms with van der Waals surface area (Å²) in [5, 5.41) is 4.80. The van der Waals surface area contributed by atoms with Crippen molar-refractivity contribution in [2.45, 2.75) is 17.7 Å². The number of rotatable bonds is 4. The fourth-order valence-electron chi connectivity index (χ4n) is 3.63. The van der Waals surface area contributed by atoms with Crippen molar-refractivity contribution in [3.63, 3.8) is 0 Å². The maximum Gasteiger partial charge on any atom is 0.243 e. The van der Waals surface area contributed by atoms with Crippen LogP contribution in [0.2, 0.25) is 0 Å². The summed E-state index contributed by atoms with van der Waals surface area (Å²) in [7, 11) is -3.65. The Morgan fingerprint density at radius 2 is 1.72 bits per heavy atom. The smallest absolute Gasteiger partial charge is 0.243 e. The van der Waals surface area contributed by atoms with Crippen LogP contribution in [-0.4, -0.2) is 31.7 Å².